The second-order valence-electron chi connectivity index (χ2n) is 5.60. The fourth-order valence-electron chi connectivity index (χ4n) is 2.70. The summed E-state index contributed by atoms with van der Waals surface area (Å²) < 4.78 is 2.81. The molecule has 0 aliphatic carbocycles. The van der Waals surface area contributed by atoms with E-state index in [4.69, 9.17) is 0 Å². The average molecular weight is 363 g/mol. The van der Waals surface area contributed by atoms with E-state index in [1.807, 2.05) is 53.3 Å². The molecule has 1 saturated heterocycles. The van der Waals surface area contributed by atoms with Crippen LogP contribution in [0.4, 0.5) is 0 Å². The van der Waals surface area contributed by atoms with Crippen LogP contribution in [0.1, 0.15) is 15.9 Å². The number of benzene rings is 1. The highest BCUT2D eigenvalue weighted by Crippen LogP contribution is 2.14. The van der Waals surface area contributed by atoms with Crippen LogP contribution in [-0.2, 0) is 13.6 Å². The Labute approximate surface area is 138 Å². The van der Waals surface area contributed by atoms with Crippen molar-refractivity contribution in [1.29, 1.82) is 0 Å². The van der Waals surface area contributed by atoms with Crippen LogP contribution >= 0.6 is 15.9 Å². The van der Waals surface area contributed by atoms with E-state index in [0.29, 0.717) is 0 Å². The number of nitrogens with zero attached hydrogens (tertiary/aromatic N) is 4. The molecule has 0 unspecified atom stereocenters. The van der Waals surface area contributed by atoms with Gasteiger partial charge < -0.3 is 4.90 Å². The molecule has 22 heavy (non-hydrogen) atoms. The van der Waals surface area contributed by atoms with Gasteiger partial charge in [0.25, 0.3) is 5.91 Å². The first-order chi connectivity index (χ1) is 10.6. The van der Waals surface area contributed by atoms with Crippen LogP contribution < -0.4 is 0 Å². The second kappa shape index (κ2) is 6.62. The number of amides is 1. The summed E-state index contributed by atoms with van der Waals surface area (Å²) in [6.45, 7) is 4.24. The zero-order chi connectivity index (χ0) is 15.5. The summed E-state index contributed by atoms with van der Waals surface area (Å²) in [5.74, 6) is 0.119. The zero-order valence-corrected chi connectivity index (χ0v) is 14.2. The average Bonchev–Trinajstić information content (AvgIpc) is 2.93. The Kier molecular flexibility index (Phi) is 4.59. The molecule has 1 aromatic carbocycles. The number of aromatic nitrogens is 2. The Morgan fingerprint density at radius 3 is 2.45 bits per heavy atom. The largest absolute Gasteiger partial charge is 0.336 e. The van der Waals surface area contributed by atoms with Crippen molar-refractivity contribution in [1.82, 2.24) is 19.6 Å². The number of rotatable bonds is 3. The maximum atomic E-state index is 12.5. The predicted octanol–water partition coefficient (Wildman–Crippen LogP) is 2.14. The molecule has 116 valence electrons. The van der Waals surface area contributed by atoms with Crippen LogP contribution in [-0.4, -0.2) is 51.7 Å². The summed E-state index contributed by atoms with van der Waals surface area (Å²) in [7, 11) is 1.93. The van der Waals surface area contributed by atoms with Crippen LogP contribution in [0.15, 0.2) is 41.1 Å². The Hall–Kier alpha value is -1.66. The number of aryl methyl sites for hydroxylation is 1. The lowest BCUT2D eigenvalue weighted by Gasteiger charge is -2.34. The van der Waals surface area contributed by atoms with E-state index in [0.717, 1.165) is 42.8 Å². The van der Waals surface area contributed by atoms with Crippen molar-refractivity contribution in [2.45, 2.75) is 6.54 Å². The summed E-state index contributed by atoms with van der Waals surface area (Å²) in [4.78, 5) is 16.8. The normalized spacial score (nSPS) is 16.0. The Morgan fingerprint density at radius 1 is 1.18 bits per heavy atom. The molecule has 0 N–H and O–H groups in total. The van der Waals surface area contributed by atoms with Gasteiger partial charge in [0.2, 0.25) is 0 Å². The van der Waals surface area contributed by atoms with Gasteiger partial charge in [0.05, 0.1) is 6.20 Å². The lowest BCUT2D eigenvalue weighted by Crippen LogP contribution is -2.48. The van der Waals surface area contributed by atoms with Gasteiger partial charge in [-0.05, 0) is 24.3 Å². The molecule has 1 aromatic heterocycles. The minimum atomic E-state index is 0.119. The van der Waals surface area contributed by atoms with Crippen LogP contribution in [0.3, 0.4) is 0 Å². The van der Waals surface area contributed by atoms with Crippen LogP contribution in [0, 0.1) is 0 Å². The van der Waals surface area contributed by atoms with E-state index < -0.39 is 0 Å². The smallest absolute Gasteiger partial charge is 0.253 e. The minimum Gasteiger partial charge on any atom is -0.336 e. The van der Waals surface area contributed by atoms with Crippen LogP contribution in [0.5, 0.6) is 0 Å². The maximum absolute atomic E-state index is 12.5. The molecule has 1 aliphatic heterocycles. The molecule has 5 nitrogen and oxygen atoms in total. The summed E-state index contributed by atoms with van der Waals surface area (Å²) in [6.07, 6.45) is 3.94. The number of halogens is 1. The van der Waals surface area contributed by atoms with Crippen molar-refractivity contribution in [3.63, 3.8) is 0 Å². The highest BCUT2D eigenvalue weighted by Gasteiger charge is 2.22. The molecular weight excluding hydrogens is 344 g/mol. The highest BCUT2D eigenvalue weighted by molar-refractivity contribution is 9.10. The quantitative estimate of drug-likeness (QED) is 0.839. The summed E-state index contributed by atoms with van der Waals surface area (Å²) in [5, 5.41) is 4.19. The Morgan fingerprint density at radius 2 is 1.86 bits per heavy atom. The second-order valence-corrected chi connectivity index (χ2v) is 6.51. The van der Waals surface area contributed by atoms with E-state index >= 15 is 0 Å². The van der Waals surface area contributed by atoms with Crippen molar-refractivity contribution in [2.24, 2.45) is 7.05 Å². The molecule has 1 aliphatic rings. The standard InChI is InChI=1S/C16H19BrN4O/c1-19-11-13(10-18-19)12-20-6-8-21(9-7-20)16(22)14-2-4-15(17)5-3-14/h2-5,10-11H,6-9,12H2,1H3. The lowest BCUT2D eigenvalue weighted by molar-refractivity contribution is 0.0628. The van der Waals surface area contributed by atoms with Gasteiger partial charge in [-0.2, -0.15) is 5.10 Å². The van der Waals surface area contributed by atoms with Crippen LogP contribution in [0.25, 0.3) is 0 Å². The minimum absolute atomic E-state index is 0.119. The van der Waals surface area contributed by atoms with Crippen molar-refractivity contribution < 1.29 is 4.79 Å². The van der Waals surface area contributed by atoms with E-state index in [-0.39, 0.29) is 5.91 Å². The van der Waals surface area contributed by atoms with Crippen LogP contribution in [0.2, 0.25) is 0 Å². The monoisotopic (exact) mass is 362 g/mol. The van der Waals surface area contributed by atoms with Crippen molar-refractivity contribution >= 4 is 21.8 Å². The third-order valence-electron chi connectivity index (χ3n) is 3.92. The van der Waals surface area contributed by atoms with Gasteiger partial charge in [-0.3, -0.25) is 14.4 Å². The maximum Gasteiger partial charge on any atom is 0.253 e. The predicted molar refractivity (Wildman–Crippen MR) is 88.5 cm³/mol. The molecule has 0 radical (unpaired) electrons. The van der Waals surface area contributed by atoms with Gasteiger partial charge in [0, 0.05) is 61.6 Å². The SMILES string of the molecule is Cn1cc(CN2CCN(C(=O)c3ccc(Br)cc3)CC2)cn1. The number of carbonyl (C=O) groups is 1. The van der Waals surface area contributed by atoms with E-state index in [9.17, 15) is 4.79 Å². The third kappa shape index (κ3) is 3.56. The highest BCUT2D eigenvalue weighted by atomic mass is 79.9. The molecule has 0 bridgehead atoms. The van der Waals surface area contributed by atoms with Crippen molar-refractivity contribution in [3.05, 3.63) is 52.3 Å². The fraction of sp³-hybridized carbons (Fsp3) is 0.375. The van der Waals surface area contributed by atoms with Gasteiger partial charge in [0.15, 0.2) is 0 Å². The van der Waals surface area contributed by atoms with Crippen molar-refractivity contribution in [2.75, 3.05) is 26.2 Å². The van der Waals surface area contributed by atoms with Gasteiger partial charge in [-0.1, -0.05) is 15.9 Å². The van der Waals surface area contributed by atoms with Gasteiger partial charge in [-0.15, -0.1) is 0 Å². The molecule has 0 saturated carbocycles. The fourth-order valence-corrected chi connectivity index (χ4v) is 2.96. The van der Waals surface area contributed by atoms with E-state index in [1.165, 1.54) is 5.56 Å². The van der Waals surface area contributed by atoms with E-state index in [1.54, 1.807) is 0 Å². The molecule has 2 aromatic rings. The van der Waals surface area contributed by atoms with Gasteiger partial charge in [0.1, 0.15) is 0 Å². The molecule has 6 heteroatoms. The Balaban J connectivity index is 1.55. The topological polar surface area (TPSA) is 41.4 Å². The number of piperazine rings is 1. The summed E-state index contributed by atoms with van der Waals surface area (Å²) in [5.41, 5.74) is 1.97. The van der Waals surface area contributed by atoms with E-state index in [2.05, 4.69) is 25.9 Å². The number of hydrogen-bond acceptors (Lipinski definition) is 3. The molecule has 1 fully saturated rings. The first-order valence-electron chi connectivity index (χ1n) is 7.36. The molecule has 3 rings (SSSR count). The first-order valence-corrected chi connectivity index (χ1v) is 8.16. The molecule has 1 amide bonds. The Bertz CT molecular complexity index is 644. The van der Waals surface area contributed by atoms with Gasteiger partial charge >= 0.3 is 0 Å². The molecular formula is C16H19BrN4O. The summed E-state index contributed by atoms with van der Waals surface area (Å²) in [6, 6.07) is 7.56. The molecule has 2 heterocycles. The molecule has 0 atom stereocenters. The zero-order valence-electron chi connectivity index (χ0n) is 12.6. The lowest BCUT2D eigenvalue weighted by atomic mass is 10.2. The van der Waals surface area contributed by atoms with Gasteiger partial charge in [-0.25, -0.2) is 0 Å². The molecule has 0 spiro atoms. The van der Waals surface area contributed by atoms with Crippen molar-refractivity contribution in [3.8, 4) is 0 Å². The first kappa shape index (κ1) is 15.2. The number of hydrogen-bond donors (Lipinski definition) is 0. The third-order valence-corrected chi connectivity index (χ3v) is 4.44. The number of carbonyl (C=O) groups excluding carboxylic acids is 1. The summed E-state index contributed by atoms with van der Waals surface area (Å²) >= 11 is 3.39.